The van der Waals surface area contributed by atoms with Gasteiger partial charge in [-0.2, -0.15) is 5.26 Å². The number of hydrogen-bond donors (Lipinski definition) is 0. The van der Waals surface area contributed by atoms with Crippen LogP contribution in [0.1, 0.15) is 5.56 Å². The summed E-state index contributed by atoms with van der Waals surface area (Å²) in [7, 11) is 0. The molecule has 11 aromatic carbocycles. The third kappa shape index (κ3) is 5.70. The van der Waals surface area contributed by atoms with Crippen molar-refractivity contribution in [2.45, 2.75) is 0 Å². The van der Waals surface area contributed by atoms with E-state index in [9.17, 15) is 11.8 Å². The first-order valence-corrected chi connectivity index (χ1v) is 25.7. The molecule has 0 amide bonds. The molecule has 0 bridgehead atoms. The van der Waals surface area contributed by atoms with E-state index < -0.39 is 0 Å². The second-order valence-electron chi connectivity index (χ2n) is 19.2. The number of thiophene rings is 1. The van der Waals surface area contributed by atoms with Crippen molar-refractivity contribution in [3.63, 3.8) is 0 Å². The predicted molar refractivity (Wildman–Crippen MR) is 310 cm³/mol. The van der Waals surface area contributed by atoms with E-state index in [4.69, 9.17) is 8.83 Å². The highest BCUT2D eigenvalue weighted by atomic mass is 32.1. The zero-order valence-corrected chi connectivity index (χ0v) is 40.6. The van der Waals surface area contributed by atoms with Gasteiger partial charge in [0.1, 0.15) is 17.2 Å². The molecule has 0 fully saturated rings. The molecule has 75 heavy (non-hydrogen) atoms. The summed E-state index contributed by atoms with van der Waals surface area (Å²) in [5.74, 6) is 0. The zero-order valence-electron chi connectivity index (χ0n) is 39.8. The summed E-state index contributed by atoms with van der Waals surface area (Å²) in [6.07, 6.45) is 0. The Labute approximate surface area is 431 Å². The number of rotatable bonds is 5. The van der Waals surface area contributed by atoms with Crippen molar-refractivity contribution in [3.05, 3.63) is 235 Å². The lowest BCUT2D eigenvalue weighted by atomic mass is 9.88. The number of para-hydroxylation sites is 2. The standard InChI is InChI=1S/C68H36N4O2S/c1-70-60-58(40-19-7-3-8-20-40)53(38-69)61(71-54-36-29-42(39-17-5-2-6-18-39)37-52(54)48-32-35-51-45-25-13-16-28-57(45)75-68(51)64(48)71)59(41-21-9-4-10-22-41)65(60)72-62-46(30-33-49-43-23-11-14-26-55(43)73-66(49)62)47-31-34-50-44-24-12-15-27-56(44)74-67(50)63(47)72/h2-37H. The Bertz CT molecular complexity index is 5070. The van der Waals surface area contributed by atoms with Gasteiger partial charge in [-0.1, -0.05) is 176 Å². The number of nitriles is 1. The highest BCUT2D eigenvalue weighted by molar-refractivity contribution is 7.26. The van der Waals surface area contributed by atoms with Crippen LogP contribution in [0.15, 0.2) is 227 Å². The van der Waals surface area contributed by atoms with Crippen molar-refractivity contribution < 1.29 is 8.83 Å². The summed E-state index contributed by atoms with van der Waals surface area (Å²) < 4.78 is 21.0. The first kappa shape index (κ1) is 41.4. The molecule has 0 unspecified atom stereocenters. The second-order valence-corrected chi connectivity index (χ2v) is 20.3. The van der Waals surface area contributed by atoms with Crippen molar-refractivity contribution in [1.82, 2.24) is 9.13 Å². The average molecular weight is 973 g/mol. The maximum atomic E-state index is 12.2. The van der Waals surface area contributed by atoms with Crippen molar-refractivity contribution in [1.29, 1.82) is 5.26 Å². The molecule has 0 aliphatic heterocycles. The summed E-state index contributed by atoms with van der Waals surface area (Å²) in [6.45, 7) is 9.56. The fourth-order valence-corrected chi connectivity index (χ4v) is 13.5. The normalized spacial score (nSPS) is 12.0. The van der Waals surface area contributed by atoms with Crippen LogP contribution in [0.25, 0.3) is 157 Å². The van der Waals surface area contributed by atoms with Crippen LogP contribution in [0.4, 0.5) is 5.69 Å². The van der Waals surface area contributed by atoms with Gasteiger partial charge in [0.15, 0.2) is 11.2 Å². The minimum Gasteiger partial charge on any atom is -0.454 e. The first-order valence-electron chi connectivity index (χ1n) is 24.9. The summed E-state index contributed by atoms with van der Waals surface area (Å²) in [5, 5.41) is 22.4. The fourth-order valence-electron chi connectivity index (χ4n) is 12.2. The van der Waals surface area contributed by atoms with E-state index in [2.05, 4.69) is 147 Å². The van der Waals surface area contributed by atoms with Crippen molar-refractivity contribution in [3.8, 4) is 50.8 Å². The van der Waals surface area contributed by atoms with E-state index in [-0.39, 0.29) is 0 Å². The molecule has 0 aliphatic carbocycles. The lowest BCUT2D eigenvalue weighted by Gasteiger charge is -2.26. The van der Waals surface area contributed by atoms with Gasteiger partial charge in [0, 0.05) is 69.7 Å². The van der Waals surface area contributed by atoms with Gasteiger partial charge in [-0.15, -0.1) is 11.3 Å². The van der Waals surface area contributed by atoms with E-state index in [1.807, 2.05) is 91.0 Å². The molecule has 0 radical (unpaired) electrons. The topological polar surface area (TPSA) is 64.3 Å². The third-order valence-corrected chi connectivity index (χ3v) is 16.6. The molecule has 16 rings (SSSR count). The summed E-state index contributed by atoms with van der Waals surface area (Å²) in [5.41, 5.74) is 13.5. The molecule has 16 aromatic rings. The van der Waals surface area contributed by atoms with Crippen LogP contribution >= 0.6 is 11.3 Å². The Hall–Kier alpha value is -10.2. The van der Waals surface area contributed by atoms with Crippen LogP contribution < -0.4 is 0 Å². The van der Waals surface area contributed by atoms with Crippen LogP contribution in [0.5, 0.6) is 0 Å². The lowest BCUT2D eigenvalue weighted by Crippen LogP contribution is -2.09. The Morgan fingerprint density at radius 2 is 0.920 bits per heavy atom. The van der Waals surface area contributed by atoms with Crippen LogP contribution in [0.2, 0.25) is 0 Å². The van der Waals surface area contributed by atoms with Gasteiger partial charge in [0.25, 0.3) is 0 Å². The van der Waals surface area contributed by atoms with Gasteiger partial charge in [0.05, 0.1) is 50.3 Å². The molecule has 346 valence electrons. The fraction of sp³-hybridized carbons (Fsp3) is 0. The van der Waals surface area contributed by atoms with E-state index in [0.29, 0.717) is 39.4 Å². The number of furan rings is 2. The van der Waals surface area contributed by atoms with Gasteiger partial charge in [0.2, 0.25) is 5.69 Å². The van der Waals surface area contributed by atoms with Crippen LogP contribution in [-0.2, 0) is 0 Å². The number of fused-ring (bicyclic) bond motifs is 18. The Balaban J connectivity index is 1.20. The third-order valence-electron chi connectivity index (χ3n) is 15.4. The molecule has 5 aromatic heterocycles. The summed E-state index contributed by atoms with van der Waals surface area (Å²) >= 11 is 1.77. The summed E-state index contributed by atoms with van der Waals surface area (Å²) in [4.78, 5) is 4.64. The van der Waals surface area contributed by atoms with Crippen molar-refractivity contribution in [2.75, 3.05) is 0 Å². The first-order chi connectivity index (χ1) is 37.2. The van der Waals surface area contributed by atoms with Crippen molar-refractivity contribution >= 4 is 125 Å². The highest BCUT2D eigenvalue weighted by Gasteiger charge is 2.34. The molecule has 0 aliphatic rings. The second kappa shape index (κ2) is 15.7. The van der Waals surface area contributed by atoms with E-state index >= 15 is 0 Å². The van der Waals surface area contributed by atoms with Gasteiger partial charge < -0.3 is 18.0 Å². The van der Waals surface area contributed by atoms with Crippen LogP contribution in [-0.4, -0.2) is 9.13 Å². The zero-order chi connectivity index (χ0) is 49.5. The van der Waals surface area contributed by atoms with Gasteiger partial charge in [-0.05, 0) is 64.7 Å². The number of nitrogens with zero attached hydrogens (tertiary/aromatic N) is 4. The van der Waals surface area contributed by atoms with Gasteiger partial charge in [-0.3, -0.25) is 0 Å². The van der Waals surface area contributed by atoms with Gasteiger partial charge >= 0.3 is 0 Å². The number of hydrogen-bond acceptors (Lipinski definition) is 4. The Kier molecular flexibility index (Phi) is 8.65. The molecule has 0 saturated carbocycles. The average Bonchev–Trinajstić information content (AvgIpc) is 4.31. The monoisotopic (exact) mass is 972 g/mol. The molecule has 0 saturated heterocycles. The largest absolute Gasteiger partial charge is 0.454 e. The maximum absolute atomic E-state index is 12.2. The van der Waals surface area contributed by atoms with E-state index in [0.717, 1.165) is 114 Å². The predicted octanol–water partition coefficient (Wildman–Crippen LogP) is 19.5. The molecular weight excluding hydrogens is 937 g/mol. The Morgan fingerprint density at radius 3 is 1.52 bits per heavy atom. The minimum absolute atomic E-state index is 0.333. The van der Waals surface area contributed by atoms with E-state index in [1.54, 1.807) is 11.3 Å². The summed E-state index contributed by atoms with van der Waals surface area (Å²) in [6, 6.07) is 78.4. The molecule has 7 heteroatoms. The molecule has 0 atom stereocenters. The number of benzene rings is 11. The SMILES string of the molecule is [C-]#[N+]c1c(-c2ccccc2)c(C#N)c(-n2c3ccc(-c4ccccc4)cc3c3ccc4c5ccccc5sc4c32)c(-c2ccccc2)c1-n1c2c(ccc3c4ccccc4oc32)c2ccc3c4ccccc4oc3c21. The Morgan fingerprint density at radius 1 is 0.413 bits per heavy atom. The molecule has 6 nitrogen and oxygen atoms in total. The lowest BCUT2D eigenvalue weighted by molar-refractivity contribution is 0.669. The quantitative estimate of drug-likeness (QED) is 0.161. The molecular formula is C68H36N4O2S. The van der Waals surface area contributed by atoms with Crippen LogP contribution in [0, 0.1) is 17.9 Å². The maximum Gasteiger partial charge on any atom is 0.220 e. The van der Waals surface area contributed by atoms with Crippen LogP contribution in [0.3, 0.4) is 0 Å². The van der Waals surface area contributed by atoms with Crippen molar-refractivity contribution in [2.24, 2.45) is 0 Å². The molecule has 0 N–H and O–H groups in total. The molecule has 0 spiro atoms. The smallest absolute Gasteiger partial charge is 0.220 e. The number of aromatic nitrogens is 2. The minimum atomic E-state index is 0.333. The highest BCUT2D eigenvalue weighted by Crippen LogP contribution is 2.55. The van der Waals surface area contributed by atoms with Gasteiger partial charge in [-0.25, -0.2) is 4.85 Å². The van der Waals surface area contributed by atoms with E-state index in [1.165, 1.54) is 10.1 Å². The molecule has 5 heterocycles.